The summed E-state index contributed by atoms with van der Waals surface area (Å²) in [7, 11) is 0. The minimum absolute atomic E-state index is 0.0729. The maximum absolute atomic E-state index is 11.8. The summed E-state index contributed by atoms with van der Waals surface area (Å²) in [6, 6.07) is -0.893. The molecule has 0 aliphatic rings. The Morgan fingerprint density at radius 3 is 3.00 bits per heavy atom. The number of hydrogen-bond donors (Lipinski definition) is 3. The zero-order valence-corrected chi connectivity index (χ0v) is 10.3. The lowest BCUT2D eigenvalue weighted by Crippen LogP contribution is -2.33. The van der Waals surface area contributed by atoms with Crippen LogP contribution in [0.5, 0.6) is 0 Å². The Labute approximate surface area is 101 Å². The van der Waals surface area contributed by atoms with Gasteiger partial charge < -0.3 is 20.7 Å². The average Bonchev–Trinajstić information content (AvgIpc) is 2.82. The van der Waals surface area contributed by atoms with Crippen LogP contribution in [0.25, 0.3) is 0 Å². The number of carbonyl (C=O) groups excluding carboxylic acids is 1. The molecule has 17 heavy (non-hydrogen) atoms. The highest BCUT2D eigenvalue weighted by atomic mass is 16.3. The molecule has 1 heterocycles. The normalized spacial score (nSPS) is 14.4. The number of carbonyl (C=O) groups is 1. The van der Waals surface area contributed by atoms with E-state index in [9.17, 15) is 4.79 Å². The highest BCUT2D eigenvalue weighted by Crippen LogP contribution is 2.15. The lowest BCUT2D eigenvalue weighted by Gasteiger charge is -2.18. The van der Waals surface area contributed by atoms with Gasteiger partial charge in [-0.05, 0) is 13.3 Å². The maximum Gasteiger partial charge on any atom is 0.242 e. The van der Waals surface area contributed by atoms with Gasteiger partial charge >= 0.3 is 0 Å². The molecule has 4 N–H and O–H groups in total. The van der Waals surface area contributed by atoms with Crippen LogP contribution in [-0.2, 0) is 4.79 Å². The third-order valence-electron chi connectivity index (χ3n) is 2.62. The van der Waals surface area contributed by atoms with Gasteiger partial charge in [-0.2, -0.15) is 0 Å². The molecule has 0 saturated carbocycles. The highest BCUT2D eigenvalue weighted by molar-refractivity contribution is 5.79. The molecule has 6 nitrogen and oxygen atoms in total. The molecule has 1 rings (SSSR count). The zero-order valence-electron chi connectivity index (χ0n) is 10.3. The summed E-state index contributed by atoms with van der Waals surface area (Å²) in [5, 5.41) is 11.8. The van der Waals surface area contributed by atoms with E-state index >= 15 is 0 Å². The predicted molar refractivity (Wildman–Crippen MR) is 64.3 cm³/mol. The van der Waals surface area contributed by atoms with Gasteiger partial charge in [0.15, 0.2) is 0 Å². The summed E-state index contributed by atoms with van der Waals surface area (Å²) in [5.41, 5.74) is 6.39. The SMILES string of the molecule is CCCNC(=O)C(C)n1cncc1C(N)CO. The molecule has 0 aliphatic carbocycles. The summed E-state index contributed by atoms with van der Waals surface area (Å²) in [5.74, 6) is -0.0729. The van der Waals surface area contributed by atoms with E-state index in [1.165, 1.54) is 0 Å². The van der Waals surface area contributed by atoms with E-state index in [4.69, 9.17) is 10.8 Å². The van der Waals surface area contributed by atoms with Crippen molar-refractivity contribution in [3.05, 3.63) is 18.2 Å². The molecular weight excluding hydrogens is 220 g/mol. The van der Waals surface area contributed by atoms with Gasteiger partial charge in [0.25, 0.3) is 0 Å². The Morgan fingerprint density at radius 1 is 1.71 bits per heavy atom. The molecule has 96 valence electrons. The molecule has 2 atom stereocenters. The molecule has 0 radical (unpaired) electrons. The molecule has 1 aromatic heterocycles. The van der Waals surface area contributed by atoms with E-state index in [0.29, 0.717) is 12.2 Å². The molecule has 6 heteroatoms. The van der Waals surface area contributed by atoms with Gasteiger partial charge in [-0.15, -0.1) is 0 Å². The molecule has 0 aliphatic heterocycles. The van der Waals surface area contributed by atoms with Crippen molar-refractivity contribution in [3.63, 3.8) is 0 Å². The fourth-order valence-electron chi connectivity index (χ4n) is 1.54. The minimum atomic E-state index is -0.515. The van der Waals surface area contributed by atoms with Crippen LogP contribution in [0.3, 0.4) is 0 Å². The first kappa shape index (κ1) is 13.7. The molecule has 0 saturated heterocycles. The largest absolute Gasteiger partial charge is 0.394 e. The van der Waals surface area contributed by atoms with Crippen molar-refractivity contribution in [1.82, 2.24) is 14.9 Å². The molecule has 0 spiro atoms. The van der Waals surface area contributed by atoms with Crippen LogP contribution in [0.4, 0.5) is 0 Å². The topological polar surface area (TPSA) is 93.2 Å². The monoisotopic (exact) mass is 240 g/mol. The molecule has 0 fully saturated rings. The second kappa shape index (κ2) is 6.36. The fraction of sp³-hybridized carbons (Fsp3) is 0.636. The summed E-state index contributed by atoms with van der Waals surface area (Å²) in [6.45, 7) is 4.25. The maximum atomic E-state index is 11.8. The lowest BCUT2D eigenvalue weighted by molar-refractivity contribution is -0.123. The minimum Gasteiger partial charge on any atom is -0.394 e. The summed E-state index contributed by atoms with van der Waals surface area (Å²) in [6.07, 6.45) is 4.02. The number of rotatable bonds is 6. The predicted octanol–water partition coefficient (Wildman–Crippen LogP) is -0.0376. The number of nitrogens with zero attached hydrogens (tertiary/aromatic N) is 2. The van der Waals surface area contributed by atoms with Crippen molar-refractivity contribution in [2.45, 2.75) is 32.4 Å². The second-order valence-electron chi connectivity index (χ2n) is 3.98. The lowest BCUT2D eigenvalue weighted by atomic mass is 10.2. The molecule has 0 bridgehead atoms. The number of nitrogens with two attached hydrogens (primary N) is 1. The van der Waals surface area contributed by atoms with Crippen LogP contribution < -0.4 is 11.1 Å². The smallest absolute Gasteiger partial charge is 0.242 e. The fourth-order valence-corrected chi connectivity index (χ4v) is 1.54. The summed E-state index contributed by atoms with van der Waals surface area (Å²) >= 11 is 0. The van der Waals surface area contributed by atoms with Crippen LogP contribution in [0.1, 0.15) is 38.0 Å². The van der Waals surface area contributed by atoms with Gasteiger partial charge in [0.1, 0.15) is 6.04 Å². The van der Waals surface area contributed by atoms with E-state index in [1.54, 1.807) is 24.0 Å². The van der Waals surface area contributed by atoms with Crippen molar-refractivity contribution < 1.29 is 9.90 Å². The summed E-state index contributed by atoms with van der Waals surface area (Å²) in [4.78, 5) is 15.8. The third-order valence-corrected chi connectivity index (χ3v) is 2.62. The van der Waals surface area contributed by atoms with Gasteiger partial charge in [-0.3, -0.25) is 4.79 Å². The standard InChI is InChI=1S/C11H20N4O2/c1-3-4-14-11(17)8(2)15-7-13-5-10(15)9(12)6-16/h5,7-9,16H,3-4,6,12H2,1-2H3,(H,14,17). The number of nitrogens with one attached hydrogen (secondary N) is 1. The molecule has 2 unspecified atom stereocenters. The zero-order chi connectivity index (χ0) is 12.8. The van der Waals surface area contributed by atoms with Crippen molar-refractivity contribution in [2.24, 2.45) is 5.73 Å². The number of aliphatic hydroxyl groups excluding tert-OH is 1. The number of hydrogen-bond acceptors (Lipinski definition) is 4. The first-order chi connectivity index (χ1) is 8.11. The van der Waals surface area contributed by atoms with Crippen LogP contribution in [0, 0.1) is 0 Å². The number of amides is 1. The molecule has 1 amide bonds. The number of aromatic nitrogens is 2. The Kier molecular flexibility index (Phi) is 5.11. The van der Waals surface area contributed by atoms with Crippen LogP contribution in [-0.4, -0.2) is 33.7 Å². The Hall–Kier alpha value is -1.40. The van der Waals surface area contributed by atoms with E-state index in [0.717, 1.165) is 6.42 Å². The average molecular weight is 240 g/mol. The van der Waals surface area contributed by atoms with E-state index in [1.807, 2.05) is 6.92 Å². The first-order valence-electron chi connectivity index (χ1n) is 5.77. The van der Waals surface area contributed by atoms with Gasteiger partial charge in [0, 0.05) is 12.7 Å². The third kappa shape index (κ3) is 3.28. The van der Waals surface area contributed by atoms with Crippen LogP contribution >= 0.6 is 0 Å². The van der Waals surface area contributed by atoms with Gasteiger partial charge in [0.2, 0.25) is 5.91 Å². The molecule has 0 aromatic carbocycles. The highest BCUT2D eigenvalue weighted by Gasteiger charge is 2.19. The Balaban J connectivity index is 2.78. The quantitative estimate of drug-likeness (QED) is 0.650. The summed E-state index contributed by atoms with van der Waals surface area (Å²) < 4.78 is 1.69. The Morgan fingerprint density at radius 2 is 2.41 bits per heavy atom. The number of aliphatic hydroxyl groups is 1. The van der Waals surface area contributed by atoms with Crippen LogP contribution in [0.2, 0.25) is 0 Å². The van der Waals surface area contributed by atoms with Crippen molar-refractivity contribution in [1.29, 1.82) is 0 Å². The number of imidazole rings is 1. The molecular formula is C11H20N4O2. The van der Waals surface area contributed by atoms with Gasteiger partial charge in [-0.25, -0.2) is 4.98 Å². The van der Waals surface area contributed by atoms with Crippen molar-refractivity contribution in [2.75, 3.05) is 13.2 Å². The van der Waals surface area contributed by atoms with Crippen molar-refractivity contribution >= 4 is 5.91 Å². The van der Waals surface area contributed by atoms with E-state index < -0.39 is 6.04 Å². The van der Waals surface area contributed by atoms with Crippen LogP contribution in [0.15, 0.2) is 12.5 Å². The van der Waals surface area contributed by atoms with Crippen molar-refractivity contribution in [3.8, 4) is 0 Å². The van der Waals surface area contributed by atoms with Gasteiger partial charge in [-0.1, -0.05) is 6.92 Å². The second-order valence-corrected chi connectivity index (χ2v) is 3.98. The Bertz CT molecular complexity index is 364. The van der Waals surface area contributed by atoms with E-state index in [2.05, 4.69) is 10.3 Å². The molecule has 1 aromatic rings. The van der Waals surface area contributed by atoms with E-state index in [-0.39, 0.29) is 18.6 Å². The first-order valence-corrected chi connectivity index (χ1v) is 5.77. The van der Waals surface area contributed by atoms with Gasteiger partial charge in [0.05, 0.1) is 24.7 Å².